The van der Waals surface area contributed by atoms with Gasteiger partial charge in [0.05, 0.1) is 5.69 Å². The molecule has 0 aliphatic heterocycles. The first-order valence-electron chi connectivity index (χ1n) is 10.6. The average Bonchev–Trinajstić information content (AvgIpc) is 2.71. The fourth-order valence-electron chi connectivity index (χ4n) is 2.94. The highest BCUT2D eigenvalue weighted by molar-refractivity contribution is 6.14. The van der Waals surface area contributed by atoms with Crippen LogP contribution in [0.3, 0.4) is 0 Å². The molecule has 0 radical (unpaired) electrons. The Morgan fingerprint density at radius 1 is 1.00 bits per heavy atom. The molecule has 0 aliphatic carbocycles. The normalized spacial score (nSPS) is 12.5. The third-order valence-corrected chi connectivity index (χ3v) is 4.38. The number of alkyl halides is 3. The zero-order valence-electron chi connectivity index (χ0n) is 19.6. The lowest BCUT2D eigenvalue weighted by atomic mass is 10.0. The van der Waals surface area contributed by atoms with Crippen molar-refractivity contribution in [3.8, 4) is 5.75 Å². The van der Waals surface area contributed by atoms with Gasteiger partial charge in [0, 0.05) is 24.1 Å². The summed E-state index contributed by atoms with van der Waals surface area (Å²) in [7, 11) is 0. The molecule has 0 fully saturated rings. The monoisotopic (exact) mass is 498 g/mol. The van der Waals surface area contributed by atoms with Gasteiger partial charge in [-0.15, -0.1) is 13.2 Å². The van der Waals surface area contributed by atoms with Gasteiger partial charge in [-0.3, -0.25) is 9.59 Å². The van der Waals surface area contributed by atoms with Crippen LogP contribution in [0.5, 0.6) is 5.75 Å². The molecule has 0 heterocycles. The summed E-state index contributed by atoms with van der Waals surface area (Å²) in [5, 5.41) is 5.05. The first kappa shape index (κ1) is 27.6. The van der Waals surface area contributed by atoms with Gasteiger partial charge in [0.25, 0.3) is 0 Å². The molecule has 2 N–H and O–H groups in total. The van der Waals surface area contributed by atoms with E-state index >= 15 is 0 Å². The molecule has 2 aromatic rings. The van der Waals surface area contributed by atoms with Gasteiger partial charge in [0.1, 0.15) is 17.2 Å². The smallest absolute Gasteiger partial charge is 0.444 e. The molecule has 35 heavy (non-hydrogen) atoms. The maximum Gasteiger partial charge on any atom is 0.573 e. The highest BCUT2D eigenvalue weighted by atomic mass is 19.4. The second kappa shape index (κ2) is 11.2. The lowest BCUT2D eigenvalue weighted by Gasteiger charge is -2.21. The Kier molecular flexibility index (Phi) is 8.83. The summed E-state index contributed by atoms with van der Waals surface area (Å²) in [6.45, 7) is 6.95. The first-order valence-corrected chi connectivity index (χ1v) is 10.6. The van der Waals surface area contributed by atoms with Crippen molar-refractivity contribution in [2.75, 3.05) is 11.9 Å². The standard InChI is InChI=1S/C24H26F4N2O5/c1-14(13-29-22(33)35-23(2,3)4)11-20(31)30-19-10-9-17(34-24(26,27)28)12-18(19)21(32)15-5-7-16(25)8-6-15/h5-10,12,14H,11,13H2,1-4H3,(H,29,33)(H,30,31)/t14-/m0/s1. The number of alkyl carbamates (subject to hydrolysis) is 1. The number of benzene rings is 2. The summed E-state index contributed by atoms with van der Waals surface area (Å²) in [5.41, 5.74) is -1.00. The van der Waals surface area contributed by atoms with Crippen LogP contribution in [0, 0.1) is 11.7 Å². The van der Waals surface area contributed by atoms with Crippen molar-refractivity contribution in [3.63, 3.8) is 0 Å². The fourth-order valence-corrected chi connectivity index (χ4v) is 2.94. The molecule has 0 bridgehead atoms. The van der Waals surface area contributed by atoms with Gasteiger partial charge in [-0.1, -0.05) is 6.92 Å². The second-order valence-corrected chi connectivity index (χ2v) is 8.83. The predicted octanol–water partition coefficient (Wildman–Crippen LogP) is 5.44. The van der Waals surface area contributed by atoms with Gasteiger partial charge in [-0.05, 0) is 69.2 Å². The molecule has 0 spiro atoms. The zero-order valence-corrected chi connectivity index (χ0v) is 19.6. The molecule has 1 atom stereocenters. The molecule has 0 saturated carbocycles. The van der Waals surface area contributed by atoms with Crippen molar-refractivity contribution in [2.24, 2.45) is 5.92 Å². The first-order chi connectivity index (χ1) is 16.1. The van der Waals surface area contributed by atoms with E-state index in [0.29, 0.717) is 0 Å². The summed E-state index contributed by atoms with van der Waals surface area (Å²) in [4.78, 5) is 37.2. The Morgan fingerprint density at radius 3 is 2.20 bits per heavy atom. The number of amides is 2. The lowest BCUT2D eigenvalue weighted by molar-refractivity contribution is -0.274. The minimum absolute atomic E-state index is 0.000913. The van der Waals surface area contributed by atoms with Crippen LogP contribution in [0.4, 0.5) is 28.0 Å². The van der Waals surface area contributed by atoms with Crippen LogP contribution in [-0.4, -0.2) is 36.3 Å². The highest BCUT2D eigenvalue weighted by Gasteiger charge is 2.32. The maximum atomic E-state index is 13.2. The van der Waals surface area contributed by atoms with Crippen molar-refractivity contribution in [1.29, 1.82) is 0 Å². The van der Waals surface area contributed by atoms with Crippen molar-refractivity contribution < 1.29 is 41.4 Å². The van der Waals surface area contributed by atoms with Crippen LogP contribution in [0.15, 0.2) is 42.5 Å². The number of carbonyl (C=O) groups excluding carboxylic acids is 3. The number of halogens is 4. The molecule has 2 rings (SSSR count). The fraction of sp³-hybridized carbons (Fsp3) is 0.375. The minimum atomic E-state index is -4.99. The Hall–Kier alpha value is -3.63. The largest absolute Gasteiger partial charge is 0.573 e. The Labute approximate surface area is 199 Å². The van der Waals surface area contributed by atoms with E-state index in [1.54, 1.807) is 27.7 Å². The van der Waals surface area contributed by atoms with E-state index in [2.05, 4.69) is 15.4 Å². The quantitative estimate of drug-likeness (QED) is 0.373. The van der Waals surface area contributed by atoms with Crippen molar-refractivity contribution in [2.45, 2.75) is 46.1 Å². The van der Waals surface area contributed by atoms with Crippen molar-refractivity contribution >= 4 is 23.5 Å². The summed E-state index contributed by atoms with van der Waals surface area (Å²) < 4.78 is 60.2. The molecule has 2 amide bonds. The average molecular weight is 498 g/mol. The van der Waals surface area contributed by atoms with E-state index in [9.17, 15) is 31.9 Å². The third kappa shape index (κ3) is 9.63. The van der Waals surface area contributed by atoms with Gasteiger partial charge < -0.3 is 20.1 Å². The topological polar surface area (TPSA) is 93.7 Å². The third-order valence-electron chi connectivity index (χ3n) is 4.38. The van der Waals surface area contributed by atoms with Crippen LogP contribution in [0.1, 0.15) is 50.0 Å². The number of carbonyl (C=O) groups is 3. The van der Waals surface area contributed by atoms with Crippen LogP contribution < -0.4 is 15.4 Å². The van der Waals surface area contributed by atoms with Gasteiger partial charge in [-0.2, -0.15) is 0 Å². The van der Waals surface area contributed by atoms with E-state index in [4.69, 9.17) is 4.74 Å². The number of ketones is 1. The van der Waals surface area contributed by atoms with Gasteiger partial charge in [0.2, 0.25) is 5.91 Å². The van der Waals surface area contributed by atoms with Crippen molar-refractivity contribution in [3.05, 3.63) is 59.4 Å². The SMILES string of the molecule is C[C@H](CNC(=O)OC(C)(C)C)CC(=O)Nc1ccc(OC(F)(F)F)cc1C(=O)c1ccc(F)cc1. The zero-order chi connectivity index (χ0) is 26.4. The van der Waals surface area contributed by atoms with Crippen LogP contribution in [-0.2, 0) is 9.53 Å². The molecular weight excluding hydrogens is 472 g/mol. The van der Waals surface area contributed by atoms with E-state index in [1.165, 1.54) is 12.1 Å². The highest BCUT2D eigenvalue weighted by Crippen LogP contribution is 2.29. The number of ether oxygens (including phenoxy) is 2. The number of hydrogen-bond donors (Lipinski definition) is 2. The molecular formula is C24H26F4N2O5. The van der Waals surface area contributed by atoms with E-state index in [1.807, 2.05) is 0 Å². The molecule has 190 valence electrons. The Morgan fingerprint density at radius 2 is 1.63 bits per heavy atom. The van der Waals surface area contributed by atoms with E-state index in [-0.39, 0.29) is 35.7 Å². The van der Waals surface area contributed by atoms with Gasteiger partial charge >= 0.3 is 12.5 Å². The minimum Gasteiger partial charge on any atom is -0.444 e. The van der Waals surface area contributed by atoms with Gasteiger partial charge in [0.15, 0.2) is 5.78 Å². The molecule has 7 nitrogen and oxygen atoms in total. The Balaban J connectivity index is 2.16. The maximum absolute atomic E-state index is 13.2. The summed E-state index contributed by atoms with van der Waals surface area (Å²) in [6.07, 6.45) is -5.70. The van der Waals surface area contributed by atoms with E-state index in [0.717, 1.165) is 30.3 Å². The van der Waals surface area contributed by atoms with Crippen LogP contribution in [0.2, 0.25) is 0 Å². The summed E-state index contributed by atoms with van der Waals surface area (Å²) in [6, 6.07) is 7.32. The molecule has 2 aromatic carbocycles. The van der Waals surface area contributed by atoms with E-state index < -0.39 is 41.3 Å². The number of nitrogens with one attached hydrogen (secondary N) is 2. The number of hydrogen-bond acceptors (Lipinski definition) is 5. The Bertz CT molecular complexity index is 1060. The number of anilines is 1. The lowest BCUT2D eigenvalue weighted by Crippen LogP contribution is -2.35. The predicted molar refractivity (Wildman–Crippen MR) is 120 cm³/mol. The number of rotatable bonds is 8. The van der Waals surface area contributed by atoms with Crippen molar-refractivity contribution in [1.82, 2.24) is 5.32 Å². The molecule has 0 aliphatic rings. The van der Waals surface area contributed by atoms with Gasteiger partial charge in [-0.25, -0.2) is 9.18 Å². The second-order valence-electron chi connectivity index (χ2n) is 8.83. The van der Waals surface area contributed by atoms with Crippen LogP contribution >= 0.6 is 0 Å². The molecule has 0 aromatic heterocycles. The molecule has 11 heteroatoms. The molecule has 0 unspecified atom stereocenters. The summed E-state index contributed by atoms with van der Waals surface area (Å²) in [5.74, 6) is -2.87. The van der Waals surface area contributed by atoms with Crippen LogP contribution in [0.25, 0.3) is 0 Å². The molecule has 0 saturated heterocycles. The summed E-state index contributed by atoms with van der Waals surface area (Å²) >= 11 is 0.